The van der Waals surface area contributed by atoms with Crippen LogP contribution in [0.25, 0.3) is 0 Å². The summed E-state index contributed by atoms with van der Waals surface area (Å²) >= 11 is 0. The Morgan fingerprint density at radius 1 is 1.12 bits per heavy atom. The Balaban J connectivity index is 1.71. The lowest BCUT2D eigenvalue weighted by molar-refractivity contribution is -0.181. The van der Waals surface area contributed by atoms with Gasteiger partial charge in [-0.3, -0.25) is 9.48 Å². The van der Waals surface area contributed by atoms with Crippen molar-refractivity contribution in [3.8, 4) is 0 Å². The van der Waals surface area contributed by atoms with E-state index in [0.717, 1.165) is 18.5 Å². The molecule has 33 heavy (non-hydrogen) atoms. The molecule has 11 heteroatoms. The van der Waals surface area contributed by atoms with Crippen molar-refractivity contribution in [1.82, 2.24) is 9.78 Å². The van der Waals surface area contributed by atoms with Crippen LogP contribution in [0.3, 0.4) is 0 Å². The average Bonchev–Trinajstić information content (AvgIpc) is 3.12. The second-order valence-corrected chi connectivity index (χ2v) is 9.83. The molecule has 0 spiro atoms. The van der Waals surface area contributed by atoms with Crippen molar-refractivity contribution < 1.29 is 31.7 Å². The summed E-state index contributed by atoms with van der Waals surface area (Å²) in [4.78, 5) is 12.5. The van der Waals surface area contributed by atoms with Gasteiger partial charge in [-0.1, -0.05) is 12.1 Å². The summed E-state index contributed by atoms with van der Waals surface area (Å²) in [5.41, 5.74) is -2.95. The van der Waals surface area contributed by atoms with E-state index in [-0.39, 0.29) is 23.5 Å². The second kappa shape index (κ2) is 8.12. The van der Waals surface area contributed by atoms with Crippen molar-refractivity contribution in [2.45, 2.75) is 70.8 Å². The van der Waals surface area contributed by atoms with E-state index in [2.05, 4.69) is 10.4 Å². The Labute approximate surface area is 190 Å². The highest BCUT2D eigenvalue weighted by atomic mass is 19.4. The lowest BCUT2D eigenvalue weighted by atomic mass is 9.78. The molecule has 0 unspecified atom stereocenters. The average molecular weight is 469 g/mol. The summed E-state index contributed by atoms with van der Waals surface area (Å²) in [6.07, 6.45) is -4.82. The first-order chi connectivity index (χ1) is 14.9. The van der Waals surface area contributed by atoms with Crippen LogP contribution in [-0.4, -0.2) is 40.2 Å². The van der Waals surface area contributed by atoms with E-state index in [1.807, 2.05) is 27.7 Å². The molecule has 0 radical (unpaired) electrons. The van der Waals surface area contributed by atoms with Crippen LogP contribution in [0.1, 0.15) is 52.8 Å². The van der Waals surface area contributed by atoms with Crippen molar-refractivity contribution in [3.05, 3.63) is 41.3 Å². The number of aromatic nitrogens is 2. The van der Waals surface area contributed by atoms with Crippen LogP contribution in [0.2, 0.25) is 0 Å². The number of anilines is 1. The van der Waals surface area contributed by atoms with Crippen molar-refractivity contribution in [2.24, 2.45) is 7.05 Å². The van der Waals surface area contributed by atoms with E-state index in [1.54, 1.807) is 6.07 Å². The minimum atomic E-state index is -4.51. The number of amides is 1. The van der Waals surface area contributed by atoms with Crippen LogP contribution >= 0.6 is 0 Å². The van der Waals surface area contributed by atoms with Gasteiger partial charge in [0.25, 0.3) is 0 Å². The van der Waals surface area contributed by atoms with E-state index in [1.165, 1.54) is 25.2 Å². The largest absolute Gasteiger partial charge is 0.494 e. The molecule has 0 saturated carbocycles. The molecule has 2 aromatic rings. The summed E-state index contributed by atoms with van der Waals surface area (Å²) in [5, 5.41) is 6.38. The third kappa shape index (κ3) is 4.79. The number of carbonyl (C=O) groups excluding carboxylic acids is 1. The maximum absolute atomic E-state index is 14.7. The number of alkyl halides is 3. The Hall–Kier alpha value is -2.40. The molecular formula is C22H28BF4N3O3. The second-order valence-electron chi connectivity index (χ2n) is 9.83. The van der Waals surface area contributed by atoms with Gasteiger partial charge in [-0.05, 0) is 58.6 Å². The fraction of sp³-hybridized carbons (Fsp3) is 0.545. The van der Waals surface area contributed by atoms with E-state index in [9.17, 15) is 22.4 Å². The molecule has 2 heterocycles. The van der Waals surface area contributed by atoms with E-state index < -0.39 is 41.6 Å². The topological polar surface area (TPSA) is 65.4 Å². The number of hydrogen-bond acceptors (Lipinski definition) is 4. The predicted octanol–water partition coefficient (Wildman–Crippen LogP) is 3.88. The maximum atomic E-state index is 14.7. The van der Waals surface area contributed by atoms with Gasteiger partial charge in [0, 0.05) is 13.1 Å². The van der Waals surface area contributed by atoms with Gasteiger partial charge in [0.05, 0.1) is 23.3 Å². The molecule has 1 aliphatic rings. The fourth-order valence-electron chi connectivity index (χ4n) is 3.23. The summed E-state index contributed by atoms with van der Waals surface area (Å²) in [6.45, 7) is 9.59. The zero-order valence-corrected chi connectivity index (χ0v) is 19.7. The third-order valence-corrected chi connectivity index (χ3v) is 6.45. The highest BCUT2D eigenvalue weighted by molar-refractivity contribution is 6.62. The molecule has 180 valence electrons. The van der Waals surface area contributed by atoms with Gasteiger partial charge in [-0.15, -0.1) is 0 Å². The summed E-state index contributed by atoms with van der Waals surface area (Å²) in [5.74, 6) is -1.11. The van der Waals surface area contributed by atoms with Gasteiger partial charge in [-0.2, -0.15) is 18.3 Å². The molecule has 0 aliphatic carbocycles. The predicted molar refractivity (Wildman–Crippen MR) is 117 cm³/mol. The van der Waals surface area contributed by atoms with Gasteiger partial charge in [0.1, 0.15) is 17.1 Å². The SMILES string of the molecule is Cn1nc(C(C)(C)C(F)(F)F)cc1NC(=O)Cc1ccc(B2OC(C)(C)C(C)(C)O2)cc1F. The smallest absolute Gasteiger partial charge is 0.399 e. The first kappa shape index (κ1) is 25.2. The molecule has 6 nitrogen and oxygen atoms in total. The number of aryl methyl sites for hydroxylation is 1. The first-order valence-corrected chi connectivity index (χ1v) is 10.5. The molecule has 3 rings (SSSR count). The Kier molecular flexibility index (Phi) is 6.21. The lowest BCUT2D eigenvalue weighted by Gasteiger charge is -2.32. The van der Waals surface area contributed by atoms with Crippen molar-refractivity contribution in [3.63, 3.8) is 0 Å². The summed E-state index contributed by atoms with van der Waals surface area (Å²) in [7, 11) is 0.683. The number of halogens is 4. The minimum Gasteiger partial charge on any atom is -0.399 e. The van der Waals surface area contributed by atoms with Gasteiger partial charge in [-0.25, -0.2) is 4.39 Å². The monoisotopic (exact) mass is 469 g/mol. The number of hydrogen-bond donors (Lipinski definition) is 1. The molecule has 1 saturated heterocycles. The van der Waals surface area contributed by atoms with Gasteiger partial charge < -0.3 is 14.6 Å². The standard InChI is InChI=1S/C22H28BF4N3O3/c1-19(2,22(25,26)27)16-12-17(30(7)29-16)28-18(31)10-13-8-9-14(11-15(13)24)23-32-20(3,4)21(5,6)33-23/h8-9,11-12H,10H2,1-7H3,(H,28,31). The van der Waals surface area contributed by atoms with Crippen LogP contribution < -0.4 is 10.8 Å². The van der Waals surface area contributed by atoms with E-state index >= 15 is 0 Å². The molecule has 1 aromatic carbocycles. The maximum Gasteiger partial charge on any atom is 0.494 e. The van der Waals surface area contributed by atoms with Crippen molar-refractivity contribution in [2.75, 3.05) is 5.32 Å². The van der Waals surface area contributed by atoms with E-state index in [4.69, 9.17) is 9.31 Å². The number of rotatable bonds is 5. The van der Waals surface area contributed by atoms with Gasteiger partial charge >= 0.3 is 13.3 Å². The van der Waals surface area contributed by atoms with Gasteiger partial charge in [0.2, 0.25) is 5.91 Å². The number of benzene rings is 1. The molecular weight excluding hydrogens is 441 g/mol. The fourth-order valence-corrected chi connectivity index (χ4v) is 3.23. The molecule has 1 amide bonds. The Bertz CT molecular complexity index is 1050. The number of carbonyl (C=O) groups is 1. The minimum absolute atomic E-state index is 0.0848. The van der Waals surface area contributed by atoms with Crippen molar-refractivity contribution >= 4 is 24.3 Å². The Morgan fingerprint density at radius 3 is 2.21 bits per heavy atom. The first-order valence-electron chi connectivity index (χ1n) is 10.5. The van der Waals surface area contributed by atoms with E-state index in [0.29, 0.717) is 5.46 Å². The van der Waals surface area contributed by atoms with Crippen LogP contribution in [0, 0.1) is 5.82 Å². The normalized spacial score (nSPS) is 18.0. The quantitative estimate of drug-likeness (QED) is 0.534. The molecule has 0 bridgehead atoms. The highest BCUT2D eigenvalue weighted by Gasteiger charge is 2.52. The third-order valence-electron chi connectivity index (χ3n) is 6.45. The zero-order valence-electron chi connectivity index (χ0n) is 19.7. The highest BCUT2D eigenvalue weighted by Crippen LogP contribution is 2.40. The number of nitrogens with zero attached hydrogens (tertiary/aromatic N) is 2. The summed E-state index contributed by atoms with van der Waals surface area (Å²) in [6, 6.07) is 5.53. The van der Waals surface area contributed by atoms with Crippen LogP contribution in [0.5, 0.6) is 0 Å². The van der Waals surface area contributed by atoms with Crippen LogP contribution in [0.4, 0.5) is 23.4 Å². The molecule has 1 N–H and O–H groups in total. The molecule has 1 aromatic heterocycles. The van der Waals surface area contributed by atoms with Gasteiger partial charge in [0.15, 0.2) is 0 Å². The molecule has 1 fully saturated rings. The summed E-state index contributed by atoms with van der Waals surface area (Å²) < 4.78 is 67.6. The van der Waals surface area contributed by atoms with Crippen LogP contribution in [-0.2, 0) is 33.0 Å². The number of nitrogens with one attached hydrogen (secondary N) is 1. The van der Waals surface area contributed by atoms with Crippen LogP contribution in [0.15, 0.2) is 24.3 Å². The zero-order chi connectivity index (χ0) is 25.0. The van der Waals surface area contributed by atoms with Crippen molar-refractivity contribution in [1.29, 1.82) is 0 Å². The molecule has 1 aliphatic heterocycles. The molecule has 0 atom stereocenters. The Morgan fingerprint density at radius 2 is 1.70 bits per heavy atom. The lowest BCUT2D eigenvalue weighted by Crippen LogP contribution is -2.41.